The first-order valence-corrected chi connectivity index (χ1v) is 9.48. The summed E-state index contributed by atoms with van der Waals surface area (Å²) in [6.07, 6.45) is 2.97. The third-order valence-electron chi connectivity index (χ3n) is 4.60. The van der Waals surface area contributed by atoms with E-state index in [-0.39, 0.29) is 22.9 Å². The van der Waals surface area contributed by atoms with Crippen LogP contribution in [-0.2, 0) is 9.47 Å². The molecule has 4 rings (SSSR count). The maximum atomic E-state index is 14.6. The minimum Gasteiger partial charge on any atom is -0.464 e. The van der Waals surface area contributed by atoms with Crippen LogP contribution in [0.2, 0.25) is 5.02 Å². The molecule has 1 atom stereocenters. The summed E-state index contributed by atoms with van der Waals surface area (Å²) < 4.78 is 45.5. The zero-order chi connectivity index (χ0) is 21.3. The van der Waals surface area contributed by atoms with E-state index in [9.17, 15) is 8.78 Å². The Morgan fingerprint density at radius 1 is 1.33 bits per heavy atom. The molecule has 0 aliphatic carbocycles. The first kappa shape index (κ1) is 20.4. The van der Waals surface area contributed by atoms with E-state index < -0.39 is 17.4 Å². The quantitative estimate of drug-likeness (QED) is 0.604. The Bertz CT molecular complexity index is 1100. The highest BCUT2D eigenvalue weighted by Crippen LogP contribution is 2.36. The van der Waals surface area contributed by atoms with Crippen molar-refractivity contribution in [1.29, 1.82) is 0 Å². The molecular formula is C20H19ClF2N4O3. The number of aromatic nitrogens is 2. The molecule has 0 bridgehead atoms. The van der Waals surface area contributed by atoms with Gasteiger partial charge in [0.05, 0.1) is 23.6 Å². The lowest BCUT2D eigenvalue weighted by molar-refractivity contribution is 0.0436. The normalized spacial score (nSPS) is 18.8. The van der Waals surface area contributed by atoms with Crippen molar-refractivity contribution in [3.8, 4) is 11.5 Å². The fourth-order valence-corrected chi connectivity index (χ4v) is 3.38. The highest BCUT2D eigenvalue weighted by molar-refractivity contribution is 6.36. The first-order valence-electron chi connectivity index (χ1n) is 9.10. The molecule has 0 spiro atoms. The maximum absolute atomic E-state index is 14.6. The maximum Gasteiger partial charge on any atom is 0.289 e. The second-order valence-corrected chi connectivity index (χ2v) is 7.73. The molecule has 0 radical (unpaired) electrons. The number of aromatic amines is 1. The van der Waals surface area contributed by atoms with Crippen LogP contribution in [0.5, 0.6) is 11.5 Å². The summed E-state index contributed by atoms with van der Waals surface area (Å²) in [5, 5.41) is 3.55. The minimum absolute atomic E-state index is 0.144. The van der Waals surface area contributed by atoms with Crippen molar-refractivity contribution in [1.82, 2.24) is 9.97 Å². The molecule has 158 valence electrons. The number of hydrogen-bond acceptors (Lipinski definition) is 6. The van der Waals surface area contributed by atoms with Crippen molar-refractivity contribution < 1.29 is 23.0 Å². The lowest BCUT2D eigenvalue weighted by atomic mass is 9.92. The summed E-state index contributed by atoms with van der Waals surface area (Å²) in [7, 11) is 1.61. The van der Waals surface area contributed by atoms with Crippen LogP contribution in [0.4, 0.5) is 14.5 Å². The second-order valence-electron chi connectivity index (χ2n) is 7.32. The number of benzene rings is 1. The van der Waals surface area contributed by atoms with Crippen LogP contribution in [-0.4, -0.2) is 42.9 Å². The number of halogens is 3. The van der Waals surface area contributed by atoms with Gasteiger partial charge in [-0.1, -0.05) is 18.5 Å². The van der Waals surface area contributed by atoms with Gasteiger partial charge in [0.1, 0.15) is 18.0 Å². The van der Waals surface area contributed by atoms with Crippen LogP contribution in [0.15, 0.2) is 35.6 Å². The number of amidine groups is 1. The van der Waals surface area contributed by atoms with Crippen LogP contribution < -0.4 is 10.1 Å². The Kier molecular flexibility index (Phi) is 5.48. The average Bonchev–Trinajstić information content (AvgIpc) is 3.09. The molecule has 0 saturated carbocycles. The average molecular weight is 437 g/mol. The van der Waals surface area contributed by atoms with E-state index in [1.807, 2.05) is 6.92 Å². The van der Waals surface area contributed by atoms with Gasteiger partial charge >= 0.3 is 0 Å². The predicted molar refractivity (Wildman–Crippen MR) is 109 cm³/mol. The lowest BCUT2D eigenvalue weighted by Crippen LogP contribution is -2.38. The summed E-state index contributed by atoms with van der Waals surface area (Å²) in [6.45, 7) is 3.31. The molecule has 0 saturated heterocycles. The second kappa shape index (κ2) is 8.08. The van der Waals surface area contributed by atoms with Crippen LogP contribution in [0.1, 0.15) is 6.92 Å². The number of hydrogen-bond donors (Lipinski definition) is 2. The number of nitrogens with zero attached hydrogens (tertiary/aromatic N) is 2. The number of ether oxygens (including phenoxy) is 3. The van der Waals surface area contributed by atoms with E-state index in [2.05, 4.69) is 20.3 Å². The molecular weight excluding hydrogens is 418 g/mol. The van der Waals surface area contributed by atoms with Crippen molar-refractivity contribution in [2.24, 2.45) is 10.4 Å². The Morgan fingerprint density at radius 2 is 2.10 bits per heavy atom. The molecule has 0 amide bonds. The van der Waals surface area contributed by atoms with Crippen LogP contribution in [0.25, 0.3) is 11.0 Å². The van der Waals surface area contributed by atoms with Crippen molar-refractivity contribution in [2.45, 2.75) is 6.92 Å². The summed E-state index contributed by atoms with van der Waals surface area (Å²) in [6, 6.07) is 3.87. The number of methoxy groups -OCH3 is 1. The standard InChI is InChI=1S/C20H19ClF2N4O3/c1-20(9-28-2)8-26-19(29-10-20)27-11-5-13(22)17(14(23)6-11)30-15-3-4-24-18-16(15)12(21)7-25-18/h3-7H,8-10H2,1-2H3,(H,24,25)(H,26,27)/t20-/m1/s1. The molecule has 10 heteroatoms. The van der Waals surface area contributed by atoms with E-state index in [1.165, 1.54) is 18.5 Å². The van der Waals surface area contributed by atoms with Gasteiger partial charge in [0.2, 0.25) is 0 Å². The highest BCUT2D eigenvalue weighted by Gasteiger charge is 2.30. The number of H-pyrrole nitrogens is 1. The summed E-state index contributed by atoms with van der Waals surface area (Å²) in [4.78, 5) is 11.2. The van der Waals surface area contributed by atoms with Crippen LogP contribution >= 0.6 is 11.6 Å². The van der Waals surface area contributed by atoms with Crippen molar-refractivity contribution >= 4 is 34.3 Å². The van der Waals surface area contributed by atoms with Gasteiger partial charge in [-0.3, -0.25) is 0 Å². The molecule has 7 nitrogen and oxygen atoms in total. The monoisotopic (exact) mass is 436 g/mol. The number of nitrogens with one attached hydrogen (secondary N) is 2. The molecule has 30 heavy (non-hydrogen) atoms. The fraction of sp³-hybridized carbons (Fsp3) is 0.300. The Hall–Kier alpha value is -2.91. The van der Waals surface area contributed by atoms with Gasteiger partial charge in [0, 0.05) is 42.7 Å². The smallest absolute Gasteiger partial charge is 0.289 e. The van der Waals surface area contributed by atoms with E-state index in [1.54, 1.807) is 7.11 Å². The number of fused-ring (bicyclic) bond motifs is 1. The highest BCUT2D eigenvalue weighted by atomic mass is 35.5. The van der Waals surface area contributed by atoms with Gasteiger partial charge in [-0.2, -0.15) is 0 Å². The largest absolute Gasteiger partial charge is 0.464 e. The fourth-order valence-electron chi connectivity index (χ4n) is 3.14. The van der Waals surface area contributed by atoms with Gasteiger partial charge in [0.15, 0.2) is 17.4 Å². The summed E-state index contributed by atoms with van der Waals surface area (Å²) in [5.74, 6) is -2.16. The number of anilines is 1. The van der Waals surface area contributed by atoms with E-state index in [4.69, 9.17) is 25.8 Å². The molecule has 2 N–H and O–H groups in total. The summed E-state index contributed by atoms with van der Waals surface area (Å²) >= 11 is 6.11. The molecule has 1 aromatic carbocycles. The SMILES string of the molecule is COC[C@@]1(C)CN=C(Nc2cc(F)c(Oc3ccnc4[nH]cc(Cl)c34)c(F)c2)OC1. The number of aliphatic imine (C=N–C) groups is 1. The number of pyridine rings is 1. The Balaban J connectivity index is 1.54. The zero-order valence-electron chi connectivity index (χ0n) is 16.3. The van der Waals surface area contributed by atoms with Crippen molar-refractivity contribution in [3.63, 3.8) is 0 Å². The number of rotatable bonds is 5. The molecule has 0 fully saturated rings. The zero-order valence-corrected chi connectivity index (χ0v) is 17.0. The Morgan fingerprint density at radius 3 is 2.77 bits per heavy atom. The van der Waals surface area contributed by atoms with Crippen LogP contribution in [0, 0.1) is 17.0 Å². The van der Waals surface area contributed by atoms with Gasteiger partial charge in [0.25, 0.3) is 6.02 Å². The van der Waals surface area contributed by atoms with E-state index >= 15 is 0 Å². The third kappa shape index (κ3) is 4.03. The third-order valence-corrected chi connectivity index (χ3v) is 4.90. The first-order chi connectivity index (χ1) is 14.4. The lowest BCUT2D eigenvalue weighted by Gasteiger charge is -2.31. The van der Waals surface area contributed by atoms with Crippen LogP contribution in [0.3, 0.4) is 0 Å². The summed E-state index contributed by atoms with van der Waals surface area (Å²) in [5.41, 5.74) is 0.347. The van der Waals surface area contributed by atoms with Gasteiger partial charge in [-0.25, -0.2) is 18.8 Å². The molecule has 2 aromatic heterocycles. The minimum atomic E-state index is -0.894. The molecule has 1 aliphatic rings. The van der Waals surface area contributed by atoms with Crippen molar-refractivity contribution in [3.05, 3.63) is 47.2 Å². The molecule has 1 aliphatic heterocycles. The van der Waals surface area contributed by atoms with E-state index in [0.29, 0.717) is 35.8 Å². The van der Waals surface area contributed by atoms with Gasteiger partial charge < -0.3 is 24.5 Å². The topological polar surface area (TPSA) is 80.8 Å². The van der Waals surface area contributed by atoms with Crippen molar-refractivity contribution in [2.75, 3.05) is 32.2 Å². The molecule has 3 aromatic rings. The van der Waals surface area contributed by atoms with Gasteiger partial charge in [-0.05, 0) is 6.07 Å². The van der Waals surface area contributed by atoms with E-state index in [0.717, 1.165) is 12.1 Å². The molecule has 0 unspecified atom stereocenters. The Labute approximate surface area is 176 Å². The van der Waals surface area contributed by atoms with Gasteiger partial charge in [-0.15, -0.1) is 0 Å². The predicted octanol–water partition coefficient (Wildman–Crippen LogP) is 4.74. The molecule has 3 heterocycles.